The lowest BCUT2D eigenvalue weighted by molar-refractivity contribution is 0.262. The highest BCUT2D eigenvalue weighted by atomic mass is 16.5. The lowest BCUT2D eigenvalue weighted by atomic mass is 9.82. The van der Waals surface area contributed by atoms with Gasteiger partial charge in [0, 0.05) is 40.6 Å². The van der Waals surface area contributed by atoms with Crippen LogP contribution in [0, 0.1) is 6.92 Å². The quantitative estimate of drug-likeness (QED) is 0.184. The summed E-state index contributed by atoms with van der Waals surface area (Å²) in [6, 6.07) is 21.5. The third-order valence-electron chi connectivity index (χ3n) is 7.93. The van der Waals surface area contributed by atoms with Crippen molar-refractivity contribution in [3.05, 3.63) is 95.2 Å². The smallest absolute Gasteiger partial charge is 0.324 e. The summed E-state index contributed by atoms with van der Waals surface area (Å²) in [4.78, 5) is 17.4. The number of urea groups is 1. The van der Waals surface area contributed by atoms with Crippen molar-refractivity contribution in [3.63, 3.8) is 0 Å². The Bertz CT molecular complexity index is 1790. The van der Waals surface area contributed by atoms with Gasteiger partial charge in [-0.1, -0.05) is 63.2 Å². The Kier molecular flexibility index (Phi) is 7.76. The summed E-state index contributed by atoms with van der Waals surface area (Å²) in [7, 11) is 0. The van der Waals surface area contributed by atoms with Gasteiger partial charge in [0.05, 0.1) is 24.6 Å². The zero-order valence-corrected chi connectivity index (χ0v) is 25.1. The molecule has 3 aromatic carbocycles. The van der Waals surface area contributed by atoms with Gasteiger partial charge in [-0.05, 0) is 60.1 Å². The molecule has 6 rings (SSSR count). The van der Waals surface area contributed by atoms with Gasteiger partial charge in [0.25, 0.3) is 0 Å². The molecule has 2 amide bonds. The second-order valence-corrected chi connectivity index (χ2v) is 11.9. The van der Waals surface area contributed by atoms with Gasteiger partial charge < -0.3 is 14.8 Å². The minimum absolute atomic E-state index is 0.0231. The average Bonchev–Trinajstić information content (AvgIpc) is 3.45. The Morgan fingerprint density at radius 1 is 1.02 bits per heavy atom. The molecule has 220 valence electrons. The molecular formula is C35H37N5O3. The number of H-pyrrole nitrogens is 1. The molecule has 8 nitrogen and oxygen atoms in total. The van der Waals surface area contributed by atoms with E-state index in [1.165, 1.54) is 22.3 Å². The van der Waals surface area contributed by atoms with Crippen molar-refractivity contribution in [2.75, 3.05) is 23.8 Å². The Morgan fingerprint density at radius 2 is 1.86 bits per heavy atom. The van der Waals surface area contributed by atoms with E-state index in [1.54, 1.807) is 6.20 Å². The zero-order valence-electron chi connectivity index (χ0n) is 25.1. The SMILES string of the molecule is Cc1c(-c2cc(NC(=O)Nc3ccc(OCCc4ccnc5c4CCCO5)c4ccccc34)[nH]n2)cccc1C(C)(C)C. The molecule has 5 aromatic rings. The maximum atomic E-state index is 13.0. The first-order valence-electron chi connectivity index (χ1n) is 14.8. The van der Waals surface area contributed by atoms with Gasteiger partial charge in [-0.3, -0.25) is 10.4 Å². The Hall–Kier alpha value is -4.85. The van der Waals surface area contributed by atoms with E-state index in [9.17, 15) is 4.79 Å². The van der Waals surface area contributed by atoms with Crippen molar-refractivity contribution in [2.45, 2.75) is 52.4 Å². The molecular weight excluding hydrogens is 538 g/mol. The fraction of sp³-hybridized carbons (Fsp3) is 0.286. The molecule has 0 aliphatic carbocycles. The van der Waals surface area contributed by atoms with Crippen molar-refractivity contribution in [2.24, 2.45) is 0 Å². The van der Waals surface area contributed by atoms with Crippen LogP contribution < -0.4 is 20.1 Å². The maximum absolute atomic E-state index is 13.0. The number of rotatable bonds is 7. The van der Waals surface area contributed by atoms with Crippen LogP contribution in [0.3, 0.4) is 0 Å². The topological polar surface area (TPSA) is 101 Å². The standard InChI is InChI=1S/C35H37N5O3/c1-22-24(11-7-13-28(22)35(2,3)4)30-21-32(40-39-30)38-34(41)37-29-14-15-31(27-10-6-5-9-26(27)29)42-20-17-23-16-18-36-33-25(23)12-8-19-43-33/h5-7,9-11,13-16,18,21H,8,12,17,19-20H2,1-4H3,(H3,37,38,39,40,41). The van der Waals surface area contributed by atoms with Gasteiger partial charge in [-0.25, -0.2) is 9.78 Å². The van der Waals surface area contributed by atoms with Gasteiger partial charge in [-0.2, -0.15) is 5.10 Å². The number of carbonyl (C=O) groups excluding carboxylic acids is 1. The molecule has 3 heterocycles. The highest BCUT2D eigenvalue weighted by molar-refractivity contribution is 6.07. The number of nitrogens with one attached hydrogen (secondary N) is 3. The Morgan fingerprint density at radius 3 is 2.70 bits per heavy atom. The summed E-state index contributed by atoms with van der Waals surface area (Å²) in [5.74, 6) is 2.03. The van der Waals surface area contributed by atoms with Gasteiger partial charge in [0.1, 0.15) is 11.6 Å². The molecule has 0 atom stereocenters. The first-order chi connectivity index (χ1) is 20.8. The van der Waals surface area contributed by atoms with Gasteiger partial charge in [0.2, 0.25) is 5.88 Å². The van der Waals surface area contributed by atoms with Crippen LogP contribution in [0.25, 0.3) is 22.0 Å². The fourth-order valence-electron chi connectivity index (χ4n) is 5.86. The minimum Gasteiger partial charge on any atom is -0.493 e. The van der Waals surface area contributed by atoms with E-state index in [-0.39, 0.29) is 11.4 Å². The number of carbonyl (C=O) groups is 1. The van der Waals surface area contributed by atoms with Crippen LogP contribution in [0.5, 0.6) is 11.6 Å². The van der Waals surface area contributed by atoms with E-state index in [2.05, 4.69) is 71.7 Å². The molecule has 2 aromatic heterocycles. The van der Waals surface area contributed by atoms with Gasteiger partial charge >= 0.3 is 6.03 Å². The number of fused-ring (bicyclic) bond motifs is 2. The second kappa shape index (κ2) is 11.8. The minimum atomic E-state index is -0.362. The molecule has 0 bridgehead atoms. The molecule has 0 saturated carbocycles. The summed E-state index contributed by atoms with van der Waals surface area (Å²) in [5, 5.41) is 15.1. The molecule has 0 spiro atoms. The molecule has 8 heteroatoms. The molecule has 43 heavy (non-hydrogen) atoms. The van der Waals surface area contributed by atoms with E-state index >= 15 is 0 Å². The van der Waals surface area contributed by atoms with Crippen LogP contribution in [0.15, 0.2) is 72.9 Å². The molecule has 0 saturated heterocycles. The number of aromatic nitrogens is 3. The van der Waals surface area contributed by atoms with E-state index in [4.69, 9.17) is 9.47 Å². The maximum Gasteiger partial charge on any atom is 0.324 e. The highest BCUT2D eigenvalue weighted by Gasteiger charge is 2.20. The molecule has 1 aliphatic rings. The summed E-state index contributed by atoms with van der Waals surface area (Å²) >= 11 is 0. The summed E-state index contributed by atoms with van der Waals surface area (Å²) in [6.07, 6.45) is 4.55. The first-order valence-corrected chi connectivity index (χ1v) is 14.8. The van der Waals surface area contributed by atoms with Gasteiger partial charge in [0.15, 0.2) is 0 Å². The number of amides is 2. The van der Waals surface area contributed by atoms with Crippen LogP contribution in [-0.4, -0.2) is 34.4 Å². The number of anilines is 2. The third kappa shape index (κ3) is 6.04. The Labute approximate surface area is 251 Å². The fourth-order valence-corrected chi connectivity index (χ4v) is 5.86. The predicted molar refractivity (Wildman–Crippen MR) is 171 cm³/mol. The number of aromatic amines is 1. The zero-order chi connectivity index (χ0) is 30.0. The molecule has 0 radical (unpaired) electrons. The summed E-state index contributed by atoms with van der Waals surface area (Å²) in [6.45, 7) is 9.96. The van der Waals surface area contributed by atoms with Crippen molar-refractivity contribution < 1.29 is 14.3 Å². The van der Waals surface area contributed by atoms with Crippen molar-refractivity contribution >= 4 is 28.3 Å². The predicted octanol–water partition coefficient (Wildman–Crippen LogP) is 7.82. The number of pyridine rings is 1. The Balaban J connectivity index is 1.13. The molecule has 0 fully saturated rings. The normalized spacial score (nSPS) is 12.8. The lowest BCUT2D eigenvalue weighted by Crippen LogP contribution is -2.19. The molecule has 1 aliphatic heterocycles. The van der Waals surface area contributed by atoms with E-state index < -0.39 is 0 Å². The van der Waals surface area contributed by atoms with Crippen LogP contribution in [0.1, 0.15) is 49.4 Å². The molecule has 0 unspecified atom stereocenters. The van der Waals surface area contributed by atoms with Crippen molar-refractivity contribution in [1.82, 2.24) is 15.2 Å². The number of ether oxygens (including phenoxy) is 2. The second-order valence-electron chi connectivity index (χ2n) is 11.9. The largest absolute Gasteiger partial charge is 0.493 e. The van der Waals surface area contributed by atoms with Crippen LogP contribution in [-0.2, 0) is 18.3 Å². The van der Waals surface area contributed by atoms with E-state index in [1.807, 2.05) is 48.5 Å². The van der Waals surface area contributed by atoms with Crippen molar-refractivity contribution in [3.8, 4) is 22.9 Å². The first kappa shape index (κ1) is 28.3. The van der Waals surface area contributed by atoms with Crippen LogP contribution >= 0.6 is 0 Å². The number of hydrogen-bond acceptors (Lipinski definition) is 5. The number of nitrogens with zero attached hydrogens (tertiary/aromatic N) is 2. The average molecular weight is 576 g/mol. The number of hydrogen-bond donors (Lipinski definition) is 3. The van der Waals surface area contributed by atoms with E-state index in [0.717, 1.165) is 59.5 Å². The number of benzene rings is 3. The summed E-state index contributed by atoms with van der Waals surface area (Å²) < 4.78 is 12.0. The lowest BCUT2D eigenvalue weighted by Gasteiger charge is -2.22. The summed E-state index contributed by atoms with van der Waals surface area (Å²) in [5.41, 5.74) is 7.38. The monoisotopic (exact) mass is 575 g/mol. The van der Waals surface area contributed by atoms with E-state index in [0.29, 0.717) is 18.1 Å². The van der Waals surface area contributed by atoms with Crippen LogP contribution in [0.2, 0.25) is 0 Å². The van der Waals surface area contributed by atoms with Gasteiger partial charge in [-0.15, -0.1) is 0 Å². The van der Waals surface area contributed by atoms with Crippen molar-refractivity contribution in [1.29, 1.82) is 0 Å². The molecule has 3 N–H and O–H groups in total. The highest BCUT2D eigenvalue weighted by Crippen LogP contribution is 2.34. The third-order valence-corrected chi connectivity index (χ3v) is 7.93. The van der Waals surface area contributed by atoms with Crippen LogP contribution in [0.4, 0.5) is 16.3 Å².